The molecular weight excluding hydrogens is 250 g/mol. The van der Waals surface area contributed by atoms with Gasteiger partial charge in [-0.3, -0.25) is 14.9 Å². The Balaban J connectivity index is 2.79. The molecule has 0 heterocycles. The van der Waals surface area contributed by atoms with Crippen LogP contribution < -0.4 is 0 Å². The Morgan fingerprint density at radius 1 is 1.32 bits per heavy atom. The number of benzene rings is 1. The molecule has 0 N–H and O–H groups in total. The highest BCUT2D eigenvalue weighted by Crippen LogP contribution is 2.20. The highest BCUT2D eigenvalue weighted by atomic mass is 16.6. The Bertz CT molecular complexity index is 457. The number of hydrogen-bond donors (Lipinski definition) is 0. The summed E-state index contributed by atoms with van der Waals surface area (Å²) in [5.74, 6) is -2.29. The van der Waals surface area contributed by atoms with Crippen LogP contribution in [-0.4, -0.2) is 29.8 Å². The van der Waals surface area contributed by atoms with Crippen LogP contribution in [0.15, 0.2) is 30.3 Å². The van der Waals surface area contributed by atoms with Crippen LogP contribution in [0.25, 0.3) is 0 Å². The molecule has 0 fully saturated rings. The number of rotatable bonds is 7. The molecule has 0 unspecified atom stereocenters. The van der Waals surface area contributed by atoms with Gasteiger partial charge in [0.25, 0.3) is 0 Å². The second-order valence-corrected chi connectivity index (χ2v) is 3.97. The molecule has 6 nitrogen and oxygen atoms in total. The zero-order valence-corrected chi connectivity index (χ0v) is 10.6. The van der Waals surface area contributed by atoms with E-state index in [4.69, 9.17) is 0 Å². The van der Waals surface area contributed by atoms with Crippen LogP contribution in [0.5, 0.6) is 0 Å². The monoisotopic (exact) mass is 265 g/mol. The molecule has 0 aliphatic rings. The van der Waals surface area contributed by atoms with E-state index in [1.165, 1.54) is 0 Å². The normalized spacial score (nSPS) is 11.6. The smallest absolute Gasteiger partial charge is 0.374 e. The topological polar surface area (TPSA) is 86.5 Å². The largest absolute Gasteiger partial charge is 0.460 e. The van der Waals surface area contributed by atoms with Crippen molar-refractivity contribution in [2.75, 3.05) is 13.2 Å². The van der Waals surface area contributed by atoms with Gasteiger partial charge in [0, 0.05) is 11.3 Å². The van der Waals surface area contributed by atoms with Crippen LogP contribution in [-0.2, 0) is 14.3 Å². The second kappa shape index (κ2) is 7.25. The fourth-order valence-electron chi connectivity index (χ4n) is 1.71. The average Bonchev–Trinajstić information content (AvgIpc) is 2.38. The number of hydrogen-bond acceptors (Lipinski definition) is 5. The maximum absolute atomic E-state index is 11.6. The standard InChI is InChI=1S/C13H15NO5/c1-2-19-13(16)12(15)8-11(9-14(17)18)10-6-4-3-5-7-10/h3-7,11H,2,8-9H2,1H3/t11-/m0/s1. The van der Waals surface area contributed by atoms with Crippen LogP contribution in [0.1, 0.15) is 24.8 Å². The molecule has 102 valence electrons. The summed E-state index contributed by atoms with van der Waals surface area (Å²) >= 11 is 0. The molecule has 0 saturated carbocycles. The van der Waals surface area contributed by atoms with Gasteiger partial charge in [-0.1, -0.05) is 30.3 Å². The zero-order valence-electron chi connectivity index (χ0n) is 10.6. The molecule has 1 aromatic rings. The van der Waals surface area contributed by atoms with Crippen LogP contribution in [0.4, 0.5) is 0 Å². The van der Waals surface area contributed by atoms with Gasteiger partial charge in [0.05, 0.1) is 12.5 Å². The molecule has 1 rings (SSSR count). The van der Waals surface area contributed by atoms with Crippen LogP contribution in [0.3, 0.4) is 0 Å². The van der Waals surface area contributed by atoms with Crippen molar-refractivity contribution in [3.05, 3.63) is 46.0 Å². The molecule has 1 atom stereocenters. The fraction of sp³-hybridized carbons (Fsp3) is 0.385. The summed E-state index contributed by atoms with van der Waals surface area (Å²) in [6, 6.07) is 8.65. The Morgan fingerprint density at radius 2 is 1.95 bits per heavy atom. The van der Waals surface area contributed by atoms with Gasteiger partial charge in [0.15, 0.2) is 0 Å². The van der Waals surface area contributed by atoms with Gasteiger partial charge in [-0.25, -0.2) is 4.79 Å². The van der Waals surface area contributed by atoms with Gasteiger partial charge in [-0.05, 0) is 12.5 Å². The van der Waals surface area contributed by atoms with Crippen molar-refractivity contribution in [3.63, 3.8) is 0 Å². The zero-order chi connectivity index (χ0) is 14.3. The van der Waals surface area contributed by atoms with Gasteiger partial charge in [-0.15, -0.1) is 0 Å². The highest BCUT2D eigenvalue weighted by molar-refractivity contribution is 6.33. The lowest BCUT2D eigenvalue weighted by molar-refractivity contribution is -0.483. The minimum absolute atomic E-state index is 0.107. The lowest BCUT2D eigenvalue weighted by Crippen LogP contribution is -2.23. The first-order valence-electron chi connectivity index (χ1n) is 5.91. The molecule has 0 bridgehead atoms. The summed E-state index contributed by atoms with van der Waals surface area (Å²) in [4.78, 5) is 33.0. The van der Waals surface area contributed by atoms with E-state index in [1.54, 1.807) is 37.3 Å². The number of ketones is 1. The van der Waals surface area contributed by atoms with E-state index in [-0.39, 0.29) is 13.0 Å². The molecule has 0 aliphatic carbocycles. The summed E-state index contributed by atoms with van der Waals surface area (Å²) in [6.07, 6.45) is -0.218. The Kier molecular flexibility index (Phi) is 5.66. The van der Waals surface area contributed by atoms with Gasteiger partial charge in [0.1, 0.15) is 0 Å². The van der Waals surface area contributed by atoms with Crippen molar-refractivity contribution in [1.29, 1.82) is 0 Å². The summed E-state index contributed by atoms with van der Waals surface area (Å²) in [7, 11) is 0. The van der Waals surface area contributed by atoms with Gasteiger partial charge >= 0.3 is 5.97 Å². The lowest BCUT2D eigenvalue weighted by atomic mass is 9.94. The fourth-order valence-corrected chi connectivity index (χ4v) is 1.71. The van der Waals surface area contributed by atoms with Crippen molar-refractivity contribution < 1.29 is 19.2 Å². The molecule has 0 radical (unpaired) electrons. The van der Waals surface area contributed by atoms with Crippen molar-refractivity contribution in [3.8, 4) is 0 Å². The van der Waals surface area contributed by atoms with E-state index < -0.39 is 29.1 Å². The second-order valence-electron chi connectivity index (χ2n) is 3.97. The molecule has 0 aliphatic heterocycles. The molecule has 19 heavy (non-hydrogen) atoms. The number of nitro groups is 1. The third-order valence-electron chi connectivity index (χ3n) is 2.58. The van der Waals surface area contributed by atoms with E-state index >= 15 is 0 Å². The quantitative estimate of drug-likeness (QED) is 0.323. The molecule has 0 amide bonds. The minimum atomic E-state index is -0.938. The predicted octanol–water partition coefficient (Wildman–Crippen LogP) is 1.57. The van der Waals surface area contributed by atoms with Crippen molar-refractivity contribution in [1.82, 2.24) is 0 Å². The molecule has 6 heteroatoms. The molecular formula is C13H15NO5. The first kappa shape index (κ1) is 14.8. The Morgan fingerprint density at radius 3 is 2.47 bits per heavy atom. The molecule has 1 aromatic carbocycles. The van der Waals surface area contributed by atoms with E-state index in [0.29, 0.717) is 5.56 Å². The van der Waals surface area contributed by atoms with E-state index in [2.05, 4.69) is 4.74 Å². The van der Waals surface area contributed by atoms with Gasteiger partial charge in [-0.2, -0.15) is 0 Å². The predicted molar refractivity (Wildman–Crippen MR) is 67.3 cm³/mol. The Hall–Kier alpha value is -2.24. The van der Waals surface area contributed by atoms with Crippen molar-refractivity contribution >= 4 is 11.8 Å². The van der Waals surface area contributed by atoms with Gasteiger partial charge in [0.2, 0.25) is 12.3 Å². The lowest BCUT2D eigenvalue weighted by Gasteiger charge is -2.11. The number of esters is 1. The maximum atomic E-state index is 11.6. The summed E-state index contributed by atoms with van der Waals surface area (Å²) in [5.41, 5.74) is 0.664. The van der Waals surface area contributed by atoms with E-state index in [9.17, 15) is 19.7 Å². The van der Waals surface area contributed by atoms with E-state index in [1.807, 2.05) is 0 Å². The third-order valence-corrected chi connectivity index (χ3v) is 2.58. The minimum Gasteiger partial charge on any atom is -0.460 e. The third kappa shape index (κ3) is 4.87. The van der Waals surface area contributed by atoms with Gasteiger partial charge < -0.3 is 4.74 Å². The van der Waals surface area contributed by atoms with Crippen LogP contribution in [0, 0.1) is 10.1 Å². The summed E-state index contributed by atoms with van der Waals surface area (Å²) in [6.45, 7) is 1.31. The maximum Gasteiger partial charge on any atom is 0.374 e. The van der Waals surface area contributed by atoms with Crippen LogP contribution in [0.2, 0.25) is 0 Å². The SMILES string of the molecule is CCOC(=O)C(=O)C[C@@H](C[N+](=O)[O-])c1ccccc1. The van der Waals surface area contributed by atoms with Crippen LogP contribution >= 0.6 is 0 Å². The number of carbonyl (C=O) groups is 2. The number of ether oxygens (including phenoxy) is 1. The molecule has 0 aromatic heterocycles. The van der Waals surface area contributed by atoms with E-state index in [0.717, 1.165) is 0 Å². The first-order valence-corrected chi connectivity index (χ1v) is 5.91. The average molecular weight is 265 g/mol. The molecule has 0 spiro atoms. The number of nitrogens with zero attached hydrogens (tertiary/aromatic N) is 1. The summed E-state index contributed by atoms with van der Waals surface area (Å²) < 4.78 is 4.59. The first-order chi connectivity index (χ1) is 9.04. The molecule has 0 saturated heterocycles. The highest BCUT2D eigenvalue weighted by Gasteiger charge is 2.25. The van der Waals surface area contributed by atoms with Crippen molar-refractivity contribution in [2.24, 2.45) is 0 Å². The number of Topliss-reactive ketones (excluding diaryl/α,β-unsaturated/α-hetero) is 1. The Labute approximate surface area is 110 Å². The summed E-state index contributed by atoms with van der Waals surface area (Å²) in [5, 5.41) is 10.6. The number of carbonyl (C=O) groups excluding carboxylic acids is 2. The van der Waals surface area contributed by atoms with Crippen molar-refractivity contribution in [2.45, 2.75) is 19.3 Å².